The number of aryl methyl sites for hydroxylation is 2. The van der Waals surface area contributed by atoms with Crippen molar-refractivity contribution in [1.29, 1.82) is 0 Å². The van der Waals surface area contributed by atoms with Crippen LogP contribution in [0.5, 0.6) is 0 Å². The Bertz CT molecular complexity index is 902. The Balaban J connectivity index is 2.18. The molecule has 10 heteroatoms. The summed E-state index contributed by atoms with van der Waals surface area (Å²) < 4.78 is 16.2. The average molecular weight is 483 g/mol. The van der Waals surface area contributed by atoms with Crippen LogP contribution in [-0.4, -0.2) is 67.9 Å². The van der Waals surface area contributed by atoms with Crippen LogP contribution in [0.25, 0.3) is 5.57 Å². The number of piperidine rings is 1. The number of nitrogens with zero attached hydrogens (tertiary/aromatic N) is 2. The minimum Gasteiger partial charge on any atom is -0.434 e. The molecule has 1 saturated heterocycles. The fourth-order valence-electron chi connectivity index (χ4n) is 4.44. The first-order valence-electron chi connectivity index (χ1n) is 11.0. The maximum absolute atomic E-state index is 13.8. The average Bonchev–Trinajstić information content (AvgIpc) is 2.97. The van der Waals surface area contributed by atoms with E-state index < -0.39 is 17.6 Å². The van der Waals surface area contributed by atoms with E-state index in [1.165, 1.54) is 5.06 Å². The Kier molecular flexibility index (Phi) is 8.36. The smallest absolute Gasteiger partial charge is 0.434 e. The fraction of sp³-hybridized carbons (Fsp3) is 0.565. The predicted molar refractivity (Wildman–Crippen MR) is 121 cm³/mol. The number of rotatable bonds is 8. The van der Waals surface area contributed by atoms with Crippen LogP contribution < -0.4 is 0 Å². The Morgan fingerprint density at radius 2 is 1.76 bits per heavy atom. The van der Waals surface area contributed by atoms with Crippen molar-refractivity contribution < 1.29 is 33.5 Å². The Hall–Kier alpha value is -2.17. The maximum Gasteiger partial charge on any atom is 0.513 e. The molecule has 0 N–H and O–H groups in total. The van der Waals surface area contributed by atoms with Gasteiger partial charge in [-0.3, -0.25) is 4.79 Å². The van der Waals surface area contributed by atoms with E-state index in [1.807, 2.05) is 20.8 Å². The van der Waals surface area contributed by atoms with Crippen LogP contribution in [0.4, 0.5) is 4.79 Å². The summed E-state index contributed by atoms with van der Waals surface area (Å²) in [7, 11) is 1.60. The van der Waals surface area contributed by atoms with Gasteiger partial charge >= 0.3 is 6.16 Å². The van der Waals surface area contributed by atoms with Gasteiger partial charge in [0.15, 0.2) is 12.6 Å². The first-order valence-corrected chi connectivity index (χ1v) is 11.4. The fourth-order valence-corrected chi connectivity index (χ4v) is 4.77. The van der Waals surface area contributed by atoms with Gasteiger partial charge in [-0.2, -0.15) is 5.06 Å². The van der Waals surface area contributed by atoms with Gasteiger partial charge in [-0.15, -0.1) is 0 Å². The highest BCUT2D eigenvalue weighted by Crippen LogP contribution is 2.48. The van der Waals surface area contributed by atoms with Gasteiger partial charge in [0.05, 0.1) is 19.3 Å². The second-order valence-electron chi connectivity index (χ2n) is 7.89. The predicted octanol–water partition coefficient (Wildman–Crippen LogP) is 4.00. The van der Waals surface area contributed by atoms with Crippen LogP contribution in [0.15, 0.2) is 17.9 Å². The normalized spacial score (nSPS) is 18.4. The van der Waals surface area contributed by atoms with Crippen LogP contribution in [-0.2, 0) is 28.7 Å². The van der Waals surface area contributed by atoms with E-state index in [0.717, 1.165) is 11.1 Å². The van der Waals surface area contributed by atoms with Crippen molar-refractivity contribution in [2.75, 3.05) is 40.2 Å². The van der Waals surface area contributed by atoms with Crippen molar-refractivity contribution in [2.24, 2.45) is 0 Å². The third-order valence-electron chi connectivity index (χ3n) is 5.91. The van der Waals surface area contributed by atoms with E-state index >= 15 is 0 Å². The number of hydroxylamine groups is 4. The van der Waals surface area contributed by atoms with Crippen LogP contribution >= 0.6 is 11.6 Å². The molecule has 1 fully saturated rings. The summed E-state index contributed by atoms with van der Waals surface area (Å²) in [5.41, 5.74) is 1.45. The topological polar surface area (TPSA) is 86.8 Å². The minimum atomic E-state index is -1.02. The Morgan fingerprint density at radius 3 is 2.30 bits per heavy atom. The van der Waals surface area contributed by atoms with Gasteiger partial charge in [-0.25, -0.2) is 14.7 Å². The molecule has 0 unspecified atom stereocenters. The van der Waals surface area contributed by atoms with Crippen molar-refractivity contribution >= 4 is 29.2 Å². The first-order chi connectivity index (χ1) is 15.8. The highest BCUT2D eigenvalue weighted by atomic mass is 35.5. The van der Waals surface area contributed by atoms with Gasteiger partial charge in [0.2, 0.25) is 0 Å². The summed E-state index contributed by atoms with van der Waals surface area (Å²) in [5, 5.41) is 3.64. The summed E-state index contributed by atoms with van der Waals surface area (Å²) in [4.78, 5) is 37.6. The molecule has 0 atom stereocenters. The van der Waals surface area contributed by atoms with Crippen molar-refractivity contribution in [1.82, 2.24) is 10.1 Å². The van der Waals surface area contributed by atoms with Crippen molar-refractivity contribution in [3.63, 3.8) is 0 Å². The summed E-state index contributed by atoms with van der Waals surface area (Å²) >= 11 is 6.24. The van der Waals surface area contributed by atoms with Crippen LogP contribution in [0.3, 0.4) is 0 Å². The first kappa shape index (κ1) is 25.5. The van der Waals surface area contributed by atoms with E-state index in [4.69, 9.17) is 35.5 Å². The van der Waals surface area contributed by atoms with Crippen molar-refractivity contribution in [3.05, 3.63) is 39.6 Å². The molecule has 1 aromatic rings. The van der Waals surface area contributed by atoms with Crippen molar-refractivity contribution in [2.45, 2.75) is 46.1 Å². The van der Waals surface area contributed by atoms with Gasteiger partial charge in [0, 0.05) is 24.7 Å². The Labute approximate surface area is 199 Å². The van der Waals surface area contributed by atoms with Gasteiger partial charge in [0.1, 0.15) is 5.54 Å². The van der Waals surface area contributed by atoms with Gasteiger partial charge in [-0.1, -0.05) is 11.6 Å². The molecule has 1 spiro atoms. The number of amides is 1. The van der Waals surface area contributed by atoms with E-state index in [-0.39, 0.29) is 24.7 Å². The zero-order valence-corrected chi connectivity index (χ0v) is 20.5. The number of halogens is 1. The molecule has 0 bridgehead atoms. The molecule has 1 aromatic carbocycles. The second kappa shape index (κ2) is 10.8. The Morgan fingerprint density at radius 1 is 1.12 bits per heavy atom. The third-order valence-corrected chi connectivity index (χ3v) is 6.13. The number of carbonyl (C=O) groups is 2. The van der Waals surface area contributed by atoms with E-state index in [9.17, 15) is 9.59 Å². The molecule has 33 heavy (non-hydrogen) atoms. The number of ether oxygens (including phenoxy) is 3. The van der Waals surface area contributed by atoms with Crippen LogP contribution in [0.2, 0.25) is 5.02 Å². The molecule has 3 rings (SSSR count). The summed E-state index contributed by atoms with van der Waals surface area (Å²) in [6.07, 6.45) is -0.0343. The van der Waals surface area contributed by atoms with Gasteiger partial charge < -0.3 is 19.0 Å². The number of hydrogen-bond acceptors (Lipinski definition) is 8. The molecule has 1 amide bonds. The highest BCUT2D eigenvalue weighted by molar-refractivity contribution is 6.31. The lowest BCUT2D eigenvalue weighted by Gasteiger charge is -2.43. The molecule has 2 aliphatic rings. The van der Waals surface area contributed by atoms with Gasteiger partial charge in [0.25, 0.3) is 5.91 Å². The zero-order valence-electron chi connectivity index (χ0n) is 19.7. The summed E-state index contributed by atoms with van der Waals surface area (Å²) in [6, 6.07) is 3.55. The van der Waals surface area contributed by atoms with Crippen LogP contribution in [0, 0.1) is 13.8 Å². The lowest BCUT2D eigenvalue weighted by molar-refractivity contribution is -0.263. The molecule has 0 saturated carbocycles. The number of hydrogen-bond donors (Lipinski definition) is 0. The quantitative estimate of drug-likeness (QED) is 0.312. The van der Waals surface area contributed by atoms with Gasteiger partial charge in [-0.05, 0) is 69.4 Å². The zero-order chi connectivity index (χ0) is 24.2. The molecule has 2 aliphatic heterocycles. The lowest BCUT2D eigenvalue weighted by atomic mass is 9.85. The van der Waals surface area contributed by atoms with Crippen molar-refractivity contribution in [3.8, 4) is 0 Å². The summed E-state index contributed by atoms with van der Waals surface area (Å²) in [6.45, 7) is 8.70. The third kappa shape index (κ3) is 5.02. The minimum absolute atomic E-state index is 0.115. The molecule has 9 nitrogen and oxygen atoms in total. The van der Waals surface area contributed by atoms with Crippen LogP contribution in [0.1, 0.15) is 43.4 Å². The molecule has 182 valence electrons. The largest absolute Gasteiger partial charge is 0.513 e. The van der Waals surface area contributed by atoms with E-state index in [2.05, 4.69) is 0 Å². The van der Waals surface area contributed by atoms with E-state index in [0.29, 0.717) is 43.1 Å². The number of benzene rings is 1. The summed E-state index contributed by atoms with van der Waals surface area (Å²) in [5.74, 6) is -0.194. The second-order valence-corrected chi connectivity index (χ2v) is 8.32. The molecular formula is C23H31ClN2O7. The molecule has 2 heterocycles. The molecule has 0 aromatic heterocycles. The monoisotopic (exact) mass is 482 g/mol. The lowest BCUT2D eigenvalue weighted by Crippen LogP contribution is -2.55. The number of carbonyl (C=O) groups excluding carboxylic acids is 2. The SMILES string of the molecule is CCOCON1C(=O)C(c2c(C)cc(Cl)cc2C)=C(OC(=O)OCC)C12CCN(OC)CC2. The van der Waals surface area contributed by atoms with E-state index in [1.54, 1.807) is 31.2 Å². The molecule has 0 aliphatic carbocycles. The molecular weight excluding hydrogens is 452 g/mol. The standard InChI is InChI=1S/C23H31ClN2O7/c1-6-30-14-32-26-21(27)19(18-15(3)12-17(24)13-16(18)4)20(33-22(28)31-7-2)23(26)8-10-25(29-5)11-9-23/h12-13H,6-11,14H2,1-5H3. The highest BCUT2D eigenvalue weighted by Gasteiger charge is 2.57. The maximum atomic E-state index is 13.8. The molecule has 0 radical (unpaired) electrons.